The van der Waals surface area contributed by atoms with E-state index in [-0.39, 0.29) is 11.8 Å². The van der Waals surface area contributed by atoms with Crippen LogP contribution in [0.15, 0.2) is 48.5 Å². The first-order chi connectivity index (χ1) is 15.1. The Hall–Kier alpha value is -2.82. The minimum absolute atomic E-state index is 0.110. The van der Waals surface area contributed by atoms with Crippen molar-refractivity contribution in [1.29, 1.82) is 0 Å². The fourth-order valence-corrected chi connectivity index (χ4v) is 4.52. The number of hydrogen-bond acceptors (Lipinski definition) is 3. The van der Waals surface area contributed by atoms with Gasteiger partial charge in [-0.2, -0.15) is 0 Å². The van der Waals surface area contributed by atoms with Gasteiger partial charge in [-0.15, -0.1) is 0 Å². The lowest BCUT2D eigenvalue weighted by Crippen LogP contribution is -2.42. The molecule has 4 rings (SSSR count). The van der Waals surface area contributed by atoms with Crippen molar-refractivity contribution in [2.45, 2.75) is 39.0 Å². The van der Waals surface area contributed by atoms with Crippen LogP contribution in [0, 0.1) is 12.8 Å². The Morgan fingerprint density at radius 3 is 2.39 bits per heavy atom. The summed E-state index contributed by atoms with van der Waals surface area (Å²) in [5.74, 6) is 1.42. The van der Waals surface area contributed by atoms with E-state index in [4.69, 9.17) is 4.74 Å². The summed E-state index contributed by atoms with van der Waals surface area (Å²) in [6.45, 7) is 5.94. The summed E-state index contributed by atoms with van der Waals surface area (Å²) in [4.78, 5) is 29.2. The third kappa shape index (κ3) is 5.46. The summed E-state index contributed by atoms with van der Waals surface area (Å²) < 4.78 is 6.01. The lowest BCUT2D eigenvalue weighted by Gasteiger charge is -2.33. The predicted octanol–water partition coefficient (Wildman–Crippen LogP) is 4.09. The van der Waals surface area contributed by atoms with Crippen LogP contribution in [-0.2, 0) is 11.2 Å². The van der Waals surface area contributed by atoms with Crippen LogP contribution in [0.3, 0.4) is 0 Å². The summed E-state index contributed by atoms with van der Waals surface area (Å²) in [5.41, 5.74) is 2.99. The molecule has 2 aromatic carbocycles. The molecular weight excluding hydrogens is 388 g/mol. The Morgan fingerprint density at radius 2 is 1.65 bits per heavy atom. The second-order valence-electron chi connectivity index (χ2n) is 8.79. The van der Waals surface area contributed by atoms with Crippen LogP contribution in [0.25, 0.3) is 0 Å². The number of piperidine rings is 1. The van der Waals surface area contributed by atoms with Crippen molar-refractivity contribution in [3.63, 3.8) is 0 Å². The van der Waals surface area contributed by atoms with Gasteiger partial charge in [-0.05, 0) is 68.0 Å². The molecule has 2 amide bonds. The predicted molar refractivity (Wildman–Crippen MR) is 121 cm³/mol. The zero-order valence-corrected chi connectivity index (χ0v) is 18.4. The third-order valence-corrected chi connectivity index (χ3v) is 6.45. The Bertz CT molecular complexity index is 903. The maximum absolute atomic E-state index is 12.8. The molecule has 0 radical (unpaired) electrons. The molecule has 0 saturated carbocycles. The largest absolute Gasteiger partial charge is 0.493 e. The number of carbonyl (C=O) groups excluding carboxylic acids is 2. The van der Waals surface area contributed by atoms with Gasteiger partial charge < -0.3 is 14.5 Å². The van der Waals surface area contributed by atoms with Gasteiger partial charge >= 0.3 is 0 Å². The van der Waals surface area contributed by atoms with Gasteiger partial charge in [0.15, 0.2) is 0 Å². The fourth-order valence-electron chi connectivity index (χ4n) is 4.52. The Labute approximate surface area is 185 Å². The monoisotopic (exact) mass is 420 g/mol. The van der Waals surface area contributed by atoms with Gasteiger partial charge in [0.1, 0.15) is 5.75 Å². The van der Waals surface area contributed by atoms with Crippen molar-refractivity contribution in [3.8, 4) is 5.75 Å². The molecule has 0 unspecified atom stereocenters. The van der Waals surface area contributed by atoms with Gasteiger partial charge in [-0.25, -0.2) is 0 Å². The number of rotatable bonds is 6. The summed E-state index contributed by atoms with van der Waals surface area (Å²) in [7, 11) is 0. The molecule has 5 nitrogen and oxygen atoms in total. The molecule has 2 aliphatic heterocycles. The van der Waals surface area contributed by atoms with Gasteiger partial charge in [0.2, 0.25) is 5.91 Å². The van der Waals surface area contributed by atoms with E-state index in [1.54, 1.807) is 0 Å². The highest BCUT2D eigenvalue weighted by Crippen LogP contribution is 2.21. The van der Waals surface area contributed by atoms with Gasteiger partial charge in [0.25, 0.3) is 5.91 Å². The topological polar surface area (TPSA) is 49.9 Å². The van der Waals surface area contributed by atoms with Gasteiger partial charge in [-0.3, -0.25) is 9.59 Å². The minimum Gasteiger partial charge on any atom is -0.493 e. The Balaban J connectivity index is 1.27. The highest BCUT2D eigenvalue weighted by Gasteiger charge is 2.24. The number of likely N-dealkylation sites (tertiary alicyclic amines) is 2. The van der Waals surface area contributed by atoms with Crippen molar-refractivity contribution in [1.82, 2.24) is 9.80 Å². The summed E-state index contributed by atoms with van der Waals surface area (Å²) in [6, 6.07) is 15.6. The van der Waals surface area contributed by atoms with E-state index in [1.165, 1.54) is 5.56 Å². The van der Waals surface area contributed by atoms with E-state index in [0.29, 0.717) is 18.9 Å². The molecule has 0 aliphatic carbocycles. The van der Waals surface area contributed by atoms with Crippen LogP contribution in [-0.4, -0.2) is 54.4 Å². The second kappa shape index (κ2) is 9.99. The van der Waals surface area contributed by atoms with Crippen LogP contribution in [0.2, 0.25) is 0 Å². The molecular formula is C26H32N2O3. The van der Waals surface area contributed by atoms with Gasteiger partial charge in [0.05, 0.1) is 13.0 Å². The SMILES string of the molecule is Cc1ccccc1CC(=O)N1CCC[C@@H](COc2ccc(C(=O)N3CCCC3)cc2)C1. The zero-order valence-electron chi connectivity index (χ0n) is 18.4. The number of benzene rings is 2. The van der Waals surface area contributed by atoms with Crippen molar-refractivity contribution in [2.24, 2.45) is 5.92 Å². The maximum atomic E-state index is 12.8. The smallest absolute Gasteiger partial charge is 0.253 e. The Kier molecular flexibility index (Phi) is 6.90. The van der Waals surface area contributed by atoms with Crippen molar-refractivity contribution in [3.05, 3.63) is 65.2 Å². The second-order valence-corrected chi connectivity index (χ2v) is 8.79. The molecule has 1 atom stereocenters. The number of hydrogen-bond donors (Lipinski definition) is 0. The molecule has 0 spiro atoms. The fraction of sp³-hybridized carbons (Fsp3) is 0.462. The summed E-state index contributed by atoms with van der Waals surface area (Å²) >= 11 is 0. The van der Waals surface area contributed by atoms with Crippen molar-refractivity contribution in [2.75, 3.05) is 32.8 Å². The average Bonchev–Trinajstić information content (AvgIpc) is 3.34. The molecule has 0 N–H and O–H groups in total. The van der Waals surface area contributed by atoms with E-state index in [1.807, 2.05) is 52.3 Å². The summed E-state index contributed by atoms with van der Waals surface area (Å²) in [5, 5.41) is 0. The van der Waals surface area contributed by atoms with E-state index in [2.05, 4.69) is 13.0 Å². The van der Waals surface area contributed by atoms with Gasteiger partial charge in [-0.1, -0.05) is 24.3 Å². The molecule has 5 heteroatoms. The lowest BCUT2D eigenvalue weighted by molar-refractivity contribution is -0.132. The van der Waals surface area contributed by atoms with E-state index in [9.17, 15) is 9.59 Å². The normalized spacial score (nSPS) is 18.8. The first-order valence-corrected chi connectivity index (χ1v) is 11.4. The van der Waals surface area contributed by atoms with Crippen LogP contribution < -0.4 is 4.74 Å². The Morgan fingerprint density at radius 1 is 0.935 bits per heavy atom. The molecule has 2 fully saturated rings. The van der Waals surface area contributed by atoms with Crippen LogP contribution in [0.5, 0.6) is 5.75 Å². The molecule has 164 valence electrons. The van der Waals surface area contributed by atoms with E-state index >= 15 is 0 Å². The van der Waals surface area contributed by atoms with Crippen LogP contribution in [0.4, 0.5) is 0 Å². The number of amides is 2. The highest BCUT2D eigenvalue weighted by molar-refractivity contribution is 5.94. The van der Waals surface area contributed by atoms with E-state index < -0.39 is 0 Å². The average molecular weight is 421 g/mol. The standard InChI is InChI=1S/C26H32N2O3/c1-20-7-2-3-9-23(20)17-25(29)28-16-6-8-21(18-28)19-31-24-12-10-22(11-13-24)26(30)27-14-4-5-15-27/h2-3,7,9-13,21H,4-6,8,14-19H2,1H3/t21-/m1/s1. The maximum Gasteiger partial charge on any atom is 0.253 e. The first-order valence-electron chi connectivity index (χ1n) is 11.4. The molecule has 2 saturated heterocycles. The zero-order chi connectivity index (χ0) is 21.6. The number of aryl methyl sites for hydroxylation is 1. The number of nitrogens with zero attached hydrogens (tertiary/aromatic N) is 2. The van der Waals surface area contributed by atoms with Crippen molar-refractivity contribution >= 4 is 11.8 Å². The van der Waals surface area contributed by atoms with Crippen LogP contribution >= 0.6 is 0 Å². The van der Waals surface area contributed by atoms with Crippen molar-refractivity contribution < 1.29 is 14.3 Å². The number of ether oxygens (including phenoxy) is 1. The minimum atomic E-state index is 0.110. The summed E-state index contributed by atoms with van der Waals surface area (Å²) in [6.07, 6.45) is 4.74. The highest BCUT2D eigenvalue weighted by atomic mass is 16.5. The lowest BCUT2D eigenvalue weighted by atomic mass is 9.97. The molecule has 31 heavy (non-hydrogen) atoms. The first kappa shape index (κ1) is 21.4. The number of carbonyl (C=O) groups is 2. The van der Waals surface area contributed by atoms with Crippen LogP contribution in [0.1, 0.15) is 47.2 Å². The molecule has 0 aromatic heterocycles. The molecule has 2 aromatic rings. The molecule has 2 aliphatic rings. The quantitative estimate of drug-likeness (QED) is 0.707. The van der Waals surface area contributed by atoms with Gasteiger partial charge in [0, 0.05) is 37.7 Å². The third-order valence-electron chi connectivity index (χ3n) is 6.45. The molecule has 0 bridgehead atoms. The molecule has 2 heterocycles. The van der Waals surface area contributed by atoms with E-state index in [0.717, 1.165) is 68.7 Å².